The van der Waals surface area contributed by atoms with Crippen molar-refractivity contribution < 1.29 is 8.42 Å². The summed E-state index contributed by atoms with van der Waals surface area (Å²) in [6.07, 6.45) is 7.36. The zero-order chi connectivity index (χ0) is 13.2. The largest absolute Gasteiger partial charge is 0.393 e. The number of sulfonamides is 1. The van der Waals surface area contributed by atoms with Gasteiger partial charge in [-0.3, -0.25) is 0 Å². The number of hydrogen-bond donors (Lipinski definition) is 1. The van der Waals surface area contributed by atoms with Crippen LogP contribution in [0.25, 0.3) is 0 Å². The van der Waals surface area contributed by atoms with Crippen LogP contribution in [0.1, 0.15) is 51.4 Å². The normalized spacial score (nSPS) is 22.3. The average molecular weight is 290 g/mol. The van der Waals surface area contributed by atoms with Gasteiger partial charge in [-0.2, -0.15) is 4.31 Å². The Bertz CT molecular complexity index is 398. The molecule has 6 heteroatoms. The summed E-state index contributed by atoms with van der Waals surface area (Å²) in [4.78, 5) is 0.402. The fraction of sp³-hybridized carbons (Fsp3) is 0.917. The lowest BCUT2D eigenvalue weighted by atomic mass is 10.0. The van der Waals surface area contributed by atoms with Crippen LogP contribution in [0.15, 0.2) is 0 Å². The molecule has 0 aromatic heterocycles. The third-order valence-electron chi connectivity index (χ3n) is 3.83. The quantitative estimate of drug-likeness (QED) is 0.758. The summed E-state index contributed by atoms with van der Waals surface area (Å²) < 4.78 is 26.9. The topological polar surface area (TPSA) is 63.4 Å². The van der Waals surface area contributed by atoms with E-state index >= 15 is 0 Å². The average Bonchev–Trinajstić information content (AvgIpc) is 3.14. The molecule has 0 radical (unpaired) electrons. The van der Waals surface area contributed by atoms with Crippen LogP contribution in [0.4, 0.5) is 0 Å². The fourth-order valence-electron chi connectivity index (χ4n) is 2.65. The van der Waals surface area contributed by atoms with Gasteiger partial charge in [0.2, 0.25) is 10.0 Å². The second-order valence-corrected chi connectivity index (χ2v) is 8.05. The van der Waals surface area contributed by atoms with Gasteiger partial charge < -0.3 is 5.73 Å². The molecule has 18 heavy (non-hydrogen) atoms. The lowest BCUT2D eigenvalue weighted by Crippen LogP contribution is -2.42. The molecule has 0 aromatic rings. The Balaban J connectivity index is 2.05. The Morgan fingerprint density at radius 3 is 2.28 bits per heavy atom. The van der Waals surface area contributed by atoms with Crippen LogP contribution in [0.2, 0.25) is 0 Å². The third-order valence-corrected chi connectivity index (χ3v) is 6.49. The van der Waals surface area contributed by atoms with Gasteiger partial charge in [-0.05, 0) is 25.7 Å². The van der Waals surface area contributed by atoms with Crippen molar-refractivity contribution in [2.45, 2.75) is 62.7 Å². The SMILES string of the molecule is NC(=S)CCN(C1CC1)S(=O)(=O)C1CCCCC1. The van der Waals surface area contributed by atoms with Crippen LogP contribution in [-0.4, -0.2) is 35.5 Å². The van der Waals surface area contributed by atoms with Gasteiger partial charge in [-0.25, -0.2) is 8.42 Å². The molecule has 104 valence electrons. The van der Waals surface area contributed by atoms with Crippen molar-refractivity contribution in [1.29, 1.82) is 0 Å². The maximum Gasteiger partial charge on any atom is 0.217 e. The minimum absolute atomic E-state index is 0.168. The number of hydrogen-bond acceptors (Lipinski definition) is 3. The zero-order valence-electron chi connectivity index (χ0n) is 10.7. The lowest BCUT2D eigenvalue weighted by Gasteiger charge is -2.29. The van der Waals surface area contributed by atoms with Gasteiger partial charge in [0.15, 0.2) is 0 Å². The monoisotopic (exact) mass is 290 g/mol. The van der Waals surface area contributed by atoms with Crippen molar-refractivity contribution in [3.8, 4) is 0 Å². The maximum absolute atomic E-state index is 12.6. The third kappa shape index (κ3) is 3.42. The van der Waals surface area contributed by atoms with Gasteiger partial charge in [-0.15, -0.1) is 0 Å². The molecule has 0 heterocycles. The molecule has 4 nitrogen and oxygen atoms in total. The van der Waals surface area contributed by atoms with Crippen molar-refractivity contribution in [2.24, 2.45) is 5.73 Å². The van der Waals surface area contributed by atoms with Crippen LogP contribution in [0.5, 0.6) is 0 Å². The first-order chi connectivity index (χ1) is 8.51. The molecule has 0 bridgehead atoms. The van der Waals surface area contributed by atoms with Crippen molar-refractivity contribution in [2.75, 3.05) is 6.54 Å². The molecule has 2 aliphatic carbocycles. The Hall–Kier alpha value is -0.200. The van der Waals surface area contributed by atoms with Crippen LogP contribution >= 0.6 is 12.2 Å². The molecule has 0 aliphatic heterocycles. The van der Waals surface area contributed by atoms with E-state index in [1.807, 2.05) is 0 Å². The predicted octanol–water partition coefficient (Wildman–Crippen LogP) is 1.79. The Morgan fingerprint density at radius 1 is 1.17 bits per heavy atom. The minimum Gasteiger partial charge on any atom is -0.393 e. The predicted molar refractivity (Wildman–Crippen MR) is 76.9 cm³/mol. The standard InChI is InChI=1S/C12H22N2O2S2/c13-12(17)8-9-14(10-6-7-10)18(15,16)11-4-2-1-3-5-11/h10-11H,1-9H2,(H2,13,17). The molecule has 2 N–H and O–H groups in total. The molecule has 2 rings (SSSR count). The van der Waals surface area contributed by atoms with Crippen LogP contribution in [0, 0.1) is 0 Å². The smallest absolute Gasteiger partial charge is 0.217 e. The summed E-state index contributed by atoms with van der Waals surface area (Å²) in [6.45, 7) is 0.471. The molecule has 0 aromatic carbocycles. The summed E-state index contributed by atoms with van der Waals surface area (Å²) in [7, 11) is -3.14. The molecule has 0 spiro atoms. The van der Waals surface area contributed by atoms with E-state index in [1.54, 1.807) is 4.31 Å². The lowest BCUT2D eigenvalue weighted by molar-refractivity contribution is 0.387. The van der Waals surface area contributed by atoms with Crippen molar-refractivity contribution in [3.63, 3.8) is 0 Å². The van der Waals surface area contributed by atoms with E-state index in [-0.39, 0.29) is 11.3 Å². The molecule has 0 amide bonds. The number of thiocarbonyl (C=S) groups is 1. The van der Waals surface area contributed by atoms with Crippen molar-refractivity contribution >= 4 is 27.2 Å². The summed E-state index contributed by atoms with van der Waals surface area (Å²) in [5.41, 5.74) is 5.49. The minimum atomic E-state index is -3.14. The molecule has 0 atom stereocenters. The summed E-state index contributed by atoms with van der Waals surface area (Å²) in [5, 5.41) is -0.168. The van der Waals surface area contributed by atoms with E-state index in [9.17, 15) is 8.42 Å². The summed E-state index contributed by atoms with van der Waals surface area (Å²) >= 11 is 4.86. The first kappa shape index (κ1) is 14.2. The van der Waals surface area contributed by atoms with Gasteiger partial charge in [0.05, 0.1) is 10.2 Å². The molecule has 0 unspecified atom stereocenters. The van der Waals surface area contributed by atoms with E-state index < -0.39 is 10.0 Å². The van der Waals surface area contributed by atoms with E-state index in [4.69, 9.17) is 18.0 Å². The van der Waals surface area contributed by atoms with Gasteiger partial charge in [0, 0.05) is 19.0 Å². The highest BCUT2D eigenvalue weighted by molar-refractivity contribution is 7.89. The van der Waals surface area contributed by atoms with E-state index in [0.717, 1.165) is 38.5 Å². The highest BCUT2D eigenvalue weighted by Crippen LogP contribution is 2.34. The van der Waals surface area contributed by atoms with Gasteiger partial charge in [-0.1, -0.05) is 31.5 Å². The molecular weight excluding hydrogens is 268 g/mol. The molecule has 2 saturated carbocycles. The first-order valence-electron chi connectivity index (χ1n) is 6.81. The fourth-order valence-corrected chi connectivity index (χ4v) is 5.03. The second kappa shape index (κ2) is 5.84. The highest BCUT2D eigenvalue weighted by Gasteiger charge is 2.41. The number of rotatable bonds is 6. The Morgan fingerprint density at radius 2 is 1.78 bits per heavy atom. The number of nitrogens with zero attached hydrogens (tertiary/aromatic N) is 1. The van der Waals surface area contributed by atoms with Crippen LogP contribution < -0.4 is 5.73 Å². The summed E-state index contributed by atoms with van der Waals surface area (Å²) in [6, 6.07) is 0.214. The van der Waals surface area contributed by atoms with Crippen LogP contribution in [-0.2, 0) is 10.0 Å². The summed E-state index contributed by atoms with van der Waals surface area (Å²) in [5.74, 6) is 0. The second-order valence-electron chi connectivity index (χ2n) is 5.36. The first-order valence-corrected chi connectivity index (χ1v) is 8.72. The van der Waals surface area contributed by atoms with E-state index in [2.05, 4.69) is 0 Å². The zero-order valence-corrected chi connectivity index (χ0v) is 12.3. The molecule has 2 aliphatic rings. The van der Waals surface area contributed by atoms with E-state index in [1.165, 1.54) is 6.42 Å². The highest BCUT2D eigenvalue weighted by atomic mass is 32.2. The molecule has 0 saturated heterocycles. The molecular formula is C12H22N2O2S2. The van der Waals surface area contributed by atoms with E-state index in [0.29, 0.717) is 18.0 Å². The van der Waals surface area contributed by atoms with Crippen LogP contribution in [0.3, 0.4) is 0 Å². The van der Waals surface area contributed by atoms with Crippen molar-refractivity contribution in [3.05, 3.63) is 0 Å². The Kier molecular flexibility index (Phi) is 4.61. The van der Waals surface area contributed by atoms with Gasteiger partial charge in [0.25, 0.3) is 0 Å². The van der Waals surface area contributed by atoms with Crippen molar-refractivity contribution in [1.82, 2.24) is 4.31 Å². The Labute approximate surface area is 115 Å². The van der Waals surface area contributed by atoms with Gasteiger partial charge in [0.1, 0.15) is 0 Å². The van der Waals surface area contributed by atoms with Gasteiger partial charge >= 0.3 is 0 Å². The molecule has 2 fully saturated rings. The maximum atomic E-state index is 12.6. The number of nitrogens with two attached hydrogens (primary N) is 1.